The van der Waals surface area contributed by atoms with Gasteiger partial charge in [0.25, 0.3) is 0 Å². The first kappa shape index (κ1) is 11.4. The SMILES string of the molecule is CCNC(C#N)(CSc1ncn[nH]1)C1CC1. The zero-order chi connectivity index (χ0) is 11.4. The lowest BCUT2D eigenvalue weighted by molar-refractivity contribution is 0.416. The zero-order valence-corrected chi connectivity index (χ0v) is 10.0. The molecule has 1 saturated carbocycles. The minimum Gasteiger partial charge on any atom is -0.299 e. The number of thioether (sulfide) groups is 1. The number of nitrogens with zero attached hydrogens (tertiary/aromatic N) is 3. The average molecular weight is 237 g/mol. The van der Waals surface area contributed by atoms with E-state index in [4.69, 9.17) is 0 Å². The fraction of sp³-hybridized carbons (Fsp3) is 0.700. The van der Waals surface area contributed by atoms with Crippen molar-refractivity contribution in [2.24, 2.45) is 5.92 Å². The van der Waals surface area contributed by atoms with E-state index in [1.54, 1.807) is 11.8 Å². The van der Waals surface area contributed by atoms with Gasteiger partial charge in [0.2, 0.25) is 0 Å². The third-order valence-corrected chi connectivity index (χ3v) is 3.87. The van der Waals surface area contributed by atoms with Crippen LogP contribution in [0.1, 0.15) is 19.8 Å². The van der Waals surface area contributed by atoms with E-state index >= 15 is 0 Å². The summed E-state index contributed by atoms with van der Waals surface area (Å²) in [6, 6.07) is 2.45. The predicted octanol–water partition coefficient (Wildman–Crippen LogP) is 1.18. The van der Waals surface area contributed by atoms with Gasteiger partial charge in [0.05, 0.1) is 6.07 Å². The van der Waals surface area contributed by atoms with Gasteiger partial charge in [-0.05, 0) is 25.3 Å². The van der Waals surface area contributed by atoms with Crippen LogP contribution < -0.4 is 5.32 Å². The van der Waals surface area contributed by atoms with Gasteiger partial charge in [0, 0.05) is 5.75 Å². The van der Waals surface area contributed by atoms with Crippen molar-refractivity contribution >= 4 is 11.8 Å². The van der Waals surface area contributed by atoms with Crippen LogP contribution in [0.15, 0.2) is 11.5 Å². The second-order valence-electron chi connectivity index (χ2n) is 3.97. The van der Waals surface area contributed by atoms with Crippen molar-refractivity contribution in [2.45, 2.75) is 30.5 Å². The fourth-order valence-corrected chi connectivity index (χ4v) is 2.82. The van der Waals surface area contributed by atoms with Crippen LogP contribution in [0.25, 0.3) is 0 Å². The minimum atomic E-state index is -0.397. The van der Waals surface area contributed by atoms with Gasteiger partial charge in [-0.2, -0.15) is 10.4 Å². The van der Waals surface area contributed by atoms with Crippen molar-refractivity contribution in [2.75, 3.05) is 12.3 Å². The Morgan fingerprint density at radius 2 is 2.56 bits per heavy atom. The predicted molar refractivity (Wildman–Crippen MR) is 61.9 cm³/mol. The highest BCUT2D eigenvalue weighted by molar-refractivity contribution is 7.99. The molecule has 1 atom stereocenters. The molecule has 86 valence electrons. The second-order valence-corrected chi connectivity index (χ2v) is 4.93. The van der Waals surface area contributed by atoms with Crippen molar-refractivity contribution in [1.82, 2.24) is 20.5 Å². The molecule has 2 rings (SSSR count). The first-order valence-electron chi connectivity index (χ1n) is 5.45. The van der Waals surface area contributed by atoms with Gasteiger partial charge in [-0.15, -0.1) is 0 Å². The molecule has 1 aliphatic carbocycles. The summed E-state index contributed by atoms with van der Waals surface area (Å²) in [5, 5.41) is 20.1. The molecule has 5 nitrogen and oxygen atoms in total. The number of H-pyrrole nitrogens is 1. The second kappa shape index (κ2) is 4.85. The number of hydrogen-bond acceptors (Lipinski definition) is 5. The smallest absolute Gasteiger partial charge is 0.183 e. The Morgan fingerprint density at radius 1 is 1.75 bits per heavy atom. The number of aromatic amines is 1. The van der Waals surface area contributed by atoms with E-state index in [0.29, 0.717) is 5.92 Å². The zero-order valence-electron chi connectivity index (χ0n) is 9.23. The Hall–Kier alpha value is -1.06. The first-order chi connectivity index (χ1) is 7.80. The molecule has 0 saturated heterocycles. The normalized spacial score (nSPS) is 19.0. The Bertz CT molecular complexity index is 367. The van der Waals surface area contributed by atoms with Crippen LogP contribution in [-0.4, -0.2) is 33.0 Å². The Labute approximate surface area is 99.0 Å². The summed E-state index contributed by atoms with van der Waals surface area (Å²) >= 11 is 1.55. The number of nitriles is 1. The van der Waals surface area contributed by atoms with E-state index in [2.05, 4.69) is 26.6 Å². The van der Waals surface area contributed by atoms with Crippen molar-refractivity contribution in [3.63, 3.8) is 0 Å². The lowest BCUT2D eigenvalue weighted by Crippen LogP contribution is -2.48. The van der Waals surface area contributed by atoms with Crippen LogP contribution in [-0.2, 0) is 0 Å². The van der Waals surface area contributed by atoms with Crippen LogP contribution >= 0.6 is 11.8 Å². The summed E-state index contributed by atoms with van der Waals surface area (Å²) in [5.41, 5.74) is -0.397. The van der Waals surface area contributed by atoms with E-state index in [0.717, 1.165) is 30.3 Å². The van der Waals surface area contributed by atoms with Crippen LogP contribution in [0.3, 0.4) is 0 Å². The molecule has 0 amide bonds. The molecule has 0 aromatic carbocycles. The largest absolute Gasteiger partial charge is 0.299 e. The standard InChI is InChI=1S/C10H15N5S/c1-2-13-10(5-11,8-3-4-8)6-16-9-12-7-14-15-9/h7-8,13H,2-4,6H2,1H3,(H,12,14,15). The van der Waals surface area contributed by atoms with Crippen molar-refractivity contribution in [1.29, 1.82) is 5.26 Å². The summed E-state index contributed by atoms with van der Waals surface area (Å²) < 4.78 is 0. The summed E-state index contributed by atoms with van der Waals surface area (Å²) in [5.74, 6) is 1.21. The first-order valence-corrected chi connectivity index (χ1v) is 6.44. The van der Waals surface area contributed by atoms with Gasteiger partial charge >= 0.3 is 0 Å². The molecule has 1 fully saturated rings. The molecule has 1 aromatic heterocycles. The summed E-state index contributed by atoms with van der Waals surface area (Å²) in [6.45, 7) is 2.86. The average Bonchev–Trinajstić information content (AvgIpc) is 3.03. The monoisotopic (exact) mass is 237 g/mol. The molecule has 0 aliphatic heterocycles. The molecule has 6 heteroatoms. The Kier molecular flexibility index (Phi) is 3.46. The minimum absolute atomic E-state index is 0.397. The van der Waals surface area contributed by atoms with E-state index in [1.165, 1.54) is 6.33 Å². The van der Waals surface area contributed by atoms with E-state index in [-0.39, 0.29) is 0 Å². The molecule has 2 N–H and O–H groups in total. The number of aromatic nitrogens is 3. The maximum Gasteiger partial charge on any atom is 0.183 e. The van der Waals surface area contributed by atoms with Crippen LogP contribution in [0.4, 0.5) is 0 Å². The fourth-order valence-electron chi connectivity index (χ4n) is 1.81. The van der Waals surface area contributed by atoms with Crippen molar-refractivity contribution < 1.29 is 0 Å². The molecule has 0 bridgehead atoms. The van der Waals surface area contributed by atoms with Gasteiger partial charge in [0.15, 0.2) is 5.16 Å². The molecule has 1 unspecified atom stereocenters. The Balaban J connectivity index is 1.99. The van der Waals surface area contributed by atoms with Crippen LogP contribution in [0, 0.1) is 17.2 Å². The number of nitrogens with one attached hydrogen (secondary N) is 2. The molecule has 1 aliphatic rings. The molecule has 1 heterocycles. The molecule has 0 radical (unpaired) electrons. The highest BCUT2D eigenvalue weighted by Gasteiger charge is 2.45. The summed E-state index contributed by atoms with van der Waals surface area (Å²) in [7, 11) is 0. The third-order valence-electron chi connectivity index (χ3n) is 2.80. The van der Waals surface area contributed by atoms with Gasteiger partial charge in [-0.3, -0.25) is 10.4 Å². The van der Waals surface area contributed by atoms with E-state index in [1.807, 2.05) is 6.92 Å². The topological polar surface area (TPSA) is 77.4 Å². The molecular weight excluding hydrogens is 222 g/mol. The van der Waals surface area contributed by atoms with Crippen molar-refractivity contribution in [3.8, 4) is 6.07 Å². The summed E-state index contributed by atoms with van der Waals surface area (Å²) in [4.78, 5) is 4.05. The van der Waals surface area contributed by atoms with Crippen LogP contribution in [0.5, 0.6) is 0 Å². The van der Waals surface area contributed by atoms with Gasteiger partial charge in [0.1, 0.15) is 11.9 Å². The third kappa shape index (κ3) is 2.36. The number of rotatable bonds is 6. The molecule has 1 aromatic rings. The molecule has 16 heavy (non-hydrogen) atoms. The highest BCUT2D eigenvalue weighted by atomic mass is 32.2. The maximum atomic E-state index is 9.37. The molecular formula is C10H15N5S. The van der Waals surface area contributed by atoms with E-state index < -0.39 is 5.54 Å². The van der Waals surface area contributed by atoms with Crippen LogP contribution in [0.2, 0.25) is 0 Å². The van der Waals surface area contributed by atoms with Crippen molar-refractivity contribution in [3.05, 3.63) is 6.33 Å². The van der Waals surface area contributed by atoms with E-state index in [9.17, 15) is 5.26 Å². The van der Waals surface area contributed by atoms with Gasteiger partial charge in [-0.25, -0.2) is 4.98 Å². The Morgan fingerprint density at radius 3 is 3.06 bits per heavy atom. The number of hydrogen-bond donors (Lipinski definition) is 2. The lowest BCUT2D eigenvalue weighted by atomic mass is 9.98. The van der Waals surface area contributed by atoms with Gasteiger partial charge < -0.3 is 0 Å². The maximum absolute atomic E-state index is 9.37. The highest BCUT2D eigenvalue weighted by Crippen LogP contribution is 2.41. The molecule has 0 spiro atoms. The lowest BCUT2D eigenvalue weighted by Gasteiger charge is -2.26. The quantitative estimate of drug-likeness (QED) is 0.726. The van der Waals surface area contributed by atoms with Gasteiger partial charge in [-0.1, -0.05) is 18.7 Å². The summed E-state index contributed by atoms with van der Waals surface area (Å²) in [6.07, 6.45) is 3.79.